The van der Waals surface area contributed by atoms with Gasteiger partial charge in [0.05, 0.1) is 7.11 Å². The fraction of sp³-hybridized carbons (Fsp3) is 0.0769. The minimum atomic E-state index is -1.18. The predicted octanol–water partition coefficient (Wildman–Crippen LogP) is 0.818. The zero-order valence-electron chi connectivity index (χ0n) is 11.3. The van der Waals surface area contributed by atoms with Crippen LogP contribution >= 0.6 is 0 Å². The van der Waals surface area contributed by atoms with Crippen LogP contribution in [-0.2, 0) is 4.84 Å². The van der Waals surface area contributed by atoms with Crippen LogP contribution in [0.3, 0.4) is 0 Å². The smallest absolute Gasteiger partial charge is 0.492 e. The lowest BCUT2D eigenvalue weighted by atomic mass is 10.2. The number of ether oxygens (including phenoxy) is 1. The van der Waals surface area contributed by atoms with E-state index in [2.05, 4.69) is 15.2 Å². The van der Waals surface area contributed by atoms with E-state index in [9.17, 15) is 19.8 Å². The highest BCUT2D eigenvalue weighted by Crippen LogP contribution is 2.19. The molecule has 0 fully saturated rings. The molecule has 1 heterocycles. The van der Waals surface area contributed by atoms with Gasteiger partial charge in [-0.25, -0.2) is 10.3 Å². The molecule has 0 aliphatic heterocycles. The average molecular weight is 308 g/mol. The zero-order valence-corrected chi connectivity index (χ0v) is 11.3. The second-order valence-corrected chi connectivity index (χ2v) is 3.95. The lowest BCUT2D eigenvalue weighted by molar-refractivity contribution is 0.0537. The normalized spacial score (nSPS) is 10.0. The largest absolute Gasteiger partial charge is 0.539 e. The zero-order chi connectivity index (χ0) is 16.1. The van der Waals surface area contributed by atoms with Crippen LogP contribution in [0.2, 0.25) is 0 Å². The van der Waals surface area contributed by atoms with E-state index in [0.29, 0.717) is 10.3 Å². The molecular formula is C13H12N2O7. The Morgan fingerprint density at radius 2 is 1.64 bits per heavy atom. The molecule has 9 heteroatoms. The molecule has 0 unspecified atom stereocenters. The Balaban J connectivity index is 1.99. The third kappa shape index (κ3) is 3.46. The third-order valence-corrected chi connectivity index (χ3v) is 2.48. The van der Waals surface area contributed by atoms with Crippen molar-refractivity contribution in [3.8, 4) is 17.5 Å². The molecule has 0 saturated carbocycles. The molecule has 1 aromatic carbocycles. The van der Waals surface area contributed by atoms with Crippen LogP contribution in [0.1, 0.15) is 10.4 Å². The number of hydroxylamine groups is 1. The molecule has 0 atom stereocenters. The van der Waals surface area contributed by atoms with E-state index in [4.69, 9.17) is 4.74 Å². The van der Waals surface area contributed by atoms with Crippen molar-refractivity contribution in [1.82, 2.24) is 10.2 Å². The molecule has 0 aliphatic carbocycles. The molecule has 0 radical (unpaired) electrons. The number of rotatable bonds is 4. The van der Waals surface area contributed by atoms with E-state index in [1.807, 2.05) is 0 Å². The lowest BCUT2D eigenvalue weighted by Crippen LogP contribution is -2.23. The topological polar surface area (TPSA) is 119 Å². The van der Waals surface area contributed by atoms with Gasteiger partial charge in [-0.2, -0.15) is 0 Å². The maximum absolute atomic E-state index is 11.5. The fourth-order valence-corrected chi connectivity index (χ4v) is 1.51. The van der Waals surface area contributed by atoms with Gasteiger partial charge in [-0.05, 0) is 24.3 Å². The number of benzene rings is 1. The van der Waals surface area contributed by atoms with E-state index >= 15 is 0 Å². The van der Waals surface area contributed by atoms with Crippen molar-refractivity contribution in [3.63, 3.8) is 0 Å². The summed E-state index contributed by atoms with van der Waals surface area (Å²) in [7, 11) is 1.30. The molecule has 22 heavy (non-hydrogen) atoms. The molecule has 3 N–H and O–H groups in total. The SMILES string of the molecule is CONC(=O)c1ccc(OC(=O)On2c(O)ccc2O)cc1. The van der Waals surface area contributed by atoms with Gasteiger partial charge in [-0.3, -0.25) is 14.5 Å². The molecule has 116 valence electrons. The molecular weight excluding hydrogens is 296 g/mol. The third-order valence-electron chi connectivity index (χ3n) is 2.48. The first-order valence-corrected chi connectivity index (χ1v) is 5.94. The molecule has 2 aromatic rings. The van der Waals surface area contributed by atoms with Crippen molar-refractivity contribution in [1.29, 1.82) is 0 Å². The molecule has 0 aliphatic rings. The summed E-state index contributed by atoms with van der Waals surface area (Å²) in [6.07, 6.45) is -1.18. The van der Waals surface area contributed by atoms with Gasteiger partial charge in [-0.15, -0.1) is 4.73 Å². The molecule has 0 spiro atoms. The highest BCUT2D eigenvalue weighted by Gasteiger charge is 2.14. The van der Waals surface area contributed by atoms with Crippen LogP contribution in [0.15, 0.2) is 36.4 Å². The number of carbonyl (C=O) groups is 2. The summed E-state index contributed by atoms with van der Waals surface area (Å²) in [6.45, 7) is 0. The summed E-state index contributed by atoms with van der Waals surface area (Å²) >= 11 is 0. The molecule has 2 rings (SSSR count). The summed E-state index contributed by atoms with van der Waals surface area (Å²) in [5, 5.41) is 18.6. The van der Waals surface area contributed by atoms with Crippen molar-refractivity contribution >= 4 is 12.1 Å². The molecule has 0 saturated heterocycles. The first-order valence-electron chi connectivity index (χ1n) is 5.94. The summed E-state index contributed by atoms with van der Waals surface area (Å²) in [5.74, 6) is -1.30. The maximum atomic E-state index is 11.5. The van der Waals surface area contributed by atoms with Gasteiger partial charge in [0.15, 0.2) is 0 Å². The molecule has 1 aromatic heterocycles. The lowest BCUT2D eigenvalue weighted by Gasteiger charge is -2.07. The summed E-state index contributed by atoms with van der Waals surface area (Å²) < 4.78 is 5.31. The van der Waals surface area contributed by atoms with E-state index in [1.54, 1.807) is 0 Å². The minimum absolute atomic E-state index is 0.102. The van der Waals surface area contributed by atoms with E-state index in [0.717, 1.165) is 12.1 Å². The van der Waals surface area contributed by atoms with E-state index < -0.39 is 23.8 Å². The predicted molar refractivity (Wildman–Crippen MR) is 71.3 cm³/mol. The van der Waals surface area contributed by atoms with Crippen LogP contribution in [0.25, 0.3) is 0 Å². The van der Waals surface area contributed by atoms with Gasteiger partial charge in [0.1, 0.15) is 5.75 Å². The van der Waals surface area contributed by atoms with Crippen molar-refractivity contribution in [2.24, 2.45) is 0 Å². The Morgan fingerprint density at radius 3 is 2.18 bits per heavy atom. The highest BCUT2D eigenvalue weighted by atomic mass is 16.8. The summed E-state index contributed by atoms with van der Waals surface area (Å²) in [5.41, 5.74) is 2.43. The second kappa shape index (κ2) is 6.50. The Hall–Kier alpha value is -3.20. The number of aromatic hydroxyl groups is 2. The number of nitrogens with one attached hydrogen (secondary N) is 1. The first-order chi connectivity index (χ1) is 10.5. The van der Waals surface area contributed by atoms with Crippen LogP contribution in [0, 0.1) is 0 Å². The van der Waals surface area contributed by atoms with Crippen molar-refractivity contribution in [3.05, 3.63) is 42.0 Å². The number of nitrogens with zero attached hydrogens (tertiary/aromatic N) is 1. The van der Waals surface area contributed by atoms with Crippen LogP contribution in [0.4, 0.5) is 4.79 Å². The van der Waals surface area contributed by atoms with Gasteiger partial charge >= 0.3 is 6.16 Å². The molecule has 9 nitrogen and oxygen atoms in total. The monoisotopic (exact) mass is 308 g/mol. The van der Waals surface area contributed by atoms with Gasteiger partial charge in [-0.1, -0.05) is 0 Å². The second-order valence-electron chi connectivity index (χ2n) is 3.95. The standard InChI is InChI=1S/C13H12N2O7/c1-20-14-12(18)8-2-4-9(5-3-8)21-13(19)22-15-10(16)6-7-11(15)17/h2-7,16-17H,1H3,(H,14,18). The van der Waals surface area contributed by atoms with Crippen molar-refractivity contribution in [2.75, 3.05) is 7.11 Å². The van der Waals surface area contributed by atoms with Crippen molar-refractivity contribution < 1.29 is 34.2 Å². The number of hydrogen-bond acceptors (Lipinski definition) is 7. The Bertz CT molecular complexity index is 659. The number of aromatic nitrogens is 1. The van der Waals surface area contributed by atoms with E-state index in [1.165, 1.54) is 31.4 Å². The average Bonchev–Trinajstić information content (AvgIpc) is 2.80. The molecule has 1 amide bonds. The fourth-order valence-electron chi connectivity index (χ4n) is 1.51. The van der Waals surface area contributed by atoms with E-state index in [-0.39, 0.29) is 5.75 Å². The Kier molecular flexibility index (Phi) is 4.49. The minimum Gasteiger partial charge on any atom is -0.492 e. The van der Waals surface area contributed by atoms with Crippen LogP contribution < -0.4 is 15.1 Å². The Labute approximate surface area is 124 Å². The van der Waals surface area contributed by atoms with Crippen molar-refractivity contribution in [2.45, 2.75) is 0 Å². The first kappa shape index (κ1) is 15.2. The quantitative estimate of drug-likeness (QED) is 0.434. The van der Waals surface area contributed by atoms with Crippen LogP contribution in [-0.4, -0.2) is 34.1 Å². The van der Waals surface area contributed by atoms with Crippen LogP contribution in [0.5, 0.6) is 17.5 Å². The summed E-state index contributed by atoms with van der Waals surface area (Å²) in [4.78, 5) is 32.0. The summed E-state index contributed by atoms with van der Waals surface area (Å²) in [6, 6.07) is 7.79. The van der Waals surface area contributed by atoms with Gasteiger partial charge < -0.3 is 14.9 Å². The maximum Gasteiger partial charge on any atom is 0.539 e. The number of carbonyl (C=O) groups excluding carboxylic acids is 2. The van der Waals surface area contributed by atoms with Gasteiger partial charge in [0.25, 0.3) is 5.91 Å². The van der Waals surface area contributed by atoms with Gasteiger partial charge in [0, 0.05) is 17.7 Å². The Morgan fingerprint density at radius 1 is 1.05 bits per heavy atom. The number of amides is 1. The van der Waals surface area contributed by atoms with Gasteiger partial charge in [0.2, 0.25) is 11.8 Å². The molecule has 0 bridgehead atoms. The highest BCUT2D eigenvalue weighted by molar-refractivity contribution is 5.93. The number of hydrogen-bond donors (Lipinski definition) is 3.